The smallest absolute Gasteiger partial charge is 0.129 e. The van der Waals surface area contributed by atoms with E-state index < -0.39 is 0 Å². The Morgan fingerprint density at radius 3 is 2.72 bits per heavy atom. The zero-order valence-corrected chi connectivity index (χ0v) is 11.4. The van der Waals surface area contributed by atoms with Gasteiger partial charge in [0.25, 0.3) is 0 Å². The maximum absolute atomic E-state index is 9.58. The molecule has 1 aliphatic heterocycles. The van der Waals surface area contributed by atoms with Crippen LogP contribution in [0.3, 0.4) is 0 Å². The summed E-state index contributed by atoms with van der Waals surface area (Å²) in [4.78, 5) is 7.02. The molecule has 0 bridgehead atoms. The monoisotopic (exact) mass is 265 g/mol. The van der Waals surface area contributed by atoms with Crippen molar-refractivity contribution >= 4 is 23.0 Å². The van der Waals surface area contributed by atoms with Crippen molar-refractivity contribution in [2.45, 2.75) is 25.9 Å². The van der Waals surface area contributed by atoms with E-state index in [-0.39, 0.29) is 6.10 Å². The van der Waals surface area contributed by atoms with E-state index in [4.69, 9.17) is 18.0 Å². The number of aliphatic hydroxyl groups excluding tert-OH is 1. The van der Waals surface area contributed by atoms with Crippen LogP contribution in [0.2, 0.25) is 0 Å². The van der Waals surface area contributed by atoms with E-state index in [1.54, 1.807) is 0 Å². The second kappa shape index (κ2) is 5.63. The minimum Gasteiger partial charge on any atom is -0.393 e. The number of aliphatic hydroxyl groups is 1. The van der Waals surface area contributed by atoms with Crippen LogP contribution < -0.4 is 10.6 Å². The van der Waals surface area contributed by atoms with Crippen LogP contribution in [0, 0.1) is 5.92 Å². The molecule has 0 aliphatic carbocycles. The molecule has 1 saturated heterocycles. The molecular formula is C13H19N3OS. The lowest BCUT2D eigenvalue weighted by molar-refractivity contribution is 0.110. The fourth-order valence-corrected chi connectivity index (χ4v) is 2.46. The van der Waals surface area contributed by atoms with Crippen molar-refractivity contribution in [1.82, 2.24) is 4.98 Å². The molecule has 18 heavy (non-hydrogen) atoms. The van der Waals surface area contributed by atoms with E-state index >= 15 is 0 Å². The van der Waals surface area contributed by atoms with Gasteiger partial charge in [0.2, 0.25) is 0 Å². The number of anilines is 1. The van der Waals surface area contributed by atoms with Crippen molar-refractivity contribution in [3.63, 3.8) is 0 Å². The lowest BCUT2D eigenvalue weighted by Crippen LogP contribution is -2.37. The van der Waals surface area contributed by atoms with Gasteiger partial charge in [-0.3, -0.25) is 0 Å². The Hall–Kier alpha value is -1.20. The highest BCUT2D eigenvalue weighted by Crippen LogP contribution is 2.24. The van der Waals surface area contributed by atoms with Crippen molar-refractivity contribution in [3.8, 4) is 0 Å². The normalized spacial score (nSPS) is 18.7. The van der Waals surface area contributed by atoms with Gasteiger partial charge in [-0.1, -0.05) is 18.3 Å². The first-order valence-electron chi connectivity index (χ1n) is 6.28. The third kappa shape index (κ3) is 2.97. The molecule has 1 fully saturated rings. The van der Waals surface area contributed by atoms with Crippen LogP contribution >= 0.6 is 12.2 Å². The minimum absolute atomic E-state index is 0.219. The summed E-state index contributed by atoms with van der Waals surface area (Å²) in [5.41, 5.74) is 6.26. The van der Waals surface area contributed by atoms with Gasteiger partial charge in [-0.15, -0.1) is 0 Å². The third-order valence-corrected chi connectivity index (χ3v) is 3.74. The zero-order valence-electron chi connectivity index (χ0n) is 10.5. The molecule has 5 heteroatoms. The molecule has 1 atom stereocenters. The van der Waals surface area contributed by atoms with E-state index in [1.165, 1.54) is 0 Å². The molecule has 0 radical (unpaired) electrons. The topological polar surface area (TPSA) is 62.4 Å². The molecule has 1 aliphatic rings. The summed E-state index contributed by atoms with van der Waals surface area (Å²) in [5.74, 6) is 1.32. The molecular weight excluding hydrogens is 246 g/mol. The van der Waals surface area contributed by atoms with Gasteiger partial charge in [-0.2, -0.15) is 0 Å². The van der Waals surface area contributed by atoms with Crippen LogP contribution in [0.5, 0.6) is 0 Å². The van der Waals surface area contributed by atoms with Crippen LogP contribution in [0.1, 0.15) is 25.5 Å². The van der Waals surface area contributed by atoms with Crippen molar-refractivity contribution in [1.29, 1.82) is 0 Å². The molecule has 98 valence electrons. The number of rotatable bonds is 3. The van der Waals surface area contributed by atoms with Crippen molar-refractivity contribution in [2.24, 2.45) is 11.7 Å². The highest BCUT2D eigenvalue weighted by Gasteiger charge is 2.23. The molecule has 1 aromatic heterocycles. The molecule has 0 amide bonds. The largest absolute Gasteiger partial charge is 0.393 e. The molecule has 0 saturated carbocycles. The van der Waals surface area contributed by atoms with Gasteiger partial charge in [-0.05, 0) is 37.8 Å². The van der Waals surface area contributed by atoms with Crippen LogP contribution in [0.4, 0.5) is 5.82 Å². The summed E-state index contributed by atoms with van der Waals surface area (Å²) in [6.45, 7) is 3.71. The predicted octanol–water partition coefficient (Wildman–Crippen LogP) is 1.31. The van der Waals surface area contributed by atoms with Crippen LogP contribution in [0.25, 0.3) is 0 Å². The summed E-state index contributed by atoms with van der Waals surface area (Å²) in [7, 11) is 0. The van der Waals surface area contributed by atoms with Crippen LogP contribution in [-0.2, 0) is 0 Å². The maximum atomic E-state index is 9.58. The molecule has 2 rings (SSSR count). The lowest BCUT2D eigenvalue weighted by atomic mass is 9.92. The Morgan fingerprint density at radius 1 is 1.50 bits per heavy atom. The van der Waals surface area contributed by atoms with Gasteiger partial charge >= 0.3 is 0 Å². The summed E-state index contributed by atoms with van der Waals surface area (Å²) in [6.07, 6.45) is 1.77. The Morgan fingerprint density at radius 2 is 2.17 bits per heavy atom. The second-order valence-corrected chi connectivity index (χ2v) is 5.25. The Kier molecular flexibility index (Phi) is 4.14. The molecule has 4 nitrogen and oxygen atoms in total. The average molecular weight is 265 g/mol. The number of nitrogens with zero attached hydrogens (tertiary/aromatic N) is 2. The van der Waals surface area contributed by atoms with Gasteiger partial charge in [0.15, 0.2) is 0 Å². The van der Waals surface area contributed by atoms with Gasteiger partial charge in [0.1, 0.15) is 10.8 Å². The molecule has 0 aromatic carbocycles. The molecule has 1 aromatic rings. The van der Waals surface area contributed by atoms with E-state index in [9.17, 15) is 5.11 Å². The molecule has 0 spiro atoms. The number of hydrogen-bond donors (Lipinski definition) is 2. The quantitative estimate of drug-likeness (QED) is 0.807. The first-order chi connectivity index (χ1) is 8.58. The van der Waals surface area contributed by atoms with E-state index in [0.29, 0.717) is 16.6 Å². The highest BCUT2D eigenvalue weighted by molar-refractivity contribution is 7.80. The van der Waals surface area contributed by atoms with Crippen molar-refractivity contribution < 1.29 is 5.11 Å². The van der Waals surface area contributed by atoms with E-state index in [1.807, 2.05) is 25.1 Å². The number of hydrogen-bond acceptors (Lipinski definition) is 4. The van der Waals surface area contributed by atoms with Gasteiger partial charge < -0.3 is 15.7 Å². The minimum atomic E-state index is -0.219. The van der Waals surface area contributed by atoms with E-state index in [2.05, 4.69) is 9.88 Å². The van der Waals surface area contributed by atoms with E-state index in [0.717, 1.165) is 31.7 Å². The summed E-state index contributed by atoms with van der Waals surface area (Å²) in [6, 6.07) is 5.73. The van der Waals surface area contributed by atoms with Crippen molar-refractivity contribution in [2.75, 3.05) is 18.0 Å². The summed E-state index contributed by atoms with van der Waals surface area (Å²) in [5, 5.41) is 9.58. The lowest BCUT2D eigenvalue weighted by Gasteiger charge is -2.34. The number of pyridine rings is 1. The number of nitrogens with two attached hydrogens (primary N) is 1. The Labute approximate surface area is 113 Å². The summed E-state index contributed by atoms with van der Waals surface area (Å²) < 4.78 is 0. The maximum Gasteiger partial charge on any atom is 0.129 e. The molecule has 1 unspecified atom stereocenters. The standard InChI is InChI=1S/C13H19N3OS/c1-9(17)10-5-7-16(8-6-10)12-4-2-3-11(15-12)13(14)18/h2-4,9-10,17H,5-8H2,1H3,(H2,14,18). The van der Waals surface area contributed by atoms with Gasteiger partial charge in [0.05, 0.1) is 11.8 Å². The highest BCUT2D eigenvalue weighted by atomic mass is 32.1. The SMILES string of the molecule is CC(O)C1CCN(c2cccc(C(N)=S)n2)CC1. The van der Waals surface area contributed by atoms with Crippen LogP contribution in [0.15, 0.2) is 18.2 Å². The van der Waals surface area contributed by atoms with Gasteiger partial charge in [-0.25, -0.2) is 4.98 Å². The number of thiocarbonyl (C=S) groups is 1. The van der Waals surface area contributed by atoms with Gasteiger partial charge in [0, 0.05) is 13.1 Å². The first-order valence-corrected chi connectivity index (χ1v) is 6.68. The van der Waals surface area contributed by atoms with Crippen LogP contribution in [-0.4, -0.2) is 34.3 Å². The first kappa shape index (κ1) is 13.2. The zero-order chi connectivity index (χ0) is 13.1. The molecule has 3 N–H and O–H groups in total. The van der Waals surface area contributed by atoms with Crippen molar-refractivity contribution in [3.05, 3.63) is 23.9 Å². The average Bonchev–Trinajstić information content (AvgIpc) is 2.39. The number of piperidine rings is 1. The number of aromatic nitrogens is 1. The fraction of sp³-hybridized carbons (Fsp3) is 0.538. The molecule has 2 heterocycles. The Bertz CT molecular complexity index is 428. The predicted molar refractivity (Wildman–Crippen MR) is 76.7 cm³/mol. The third-order valence-electron chi connectivity index (χ3n) is 3.53. The Balaban J connectivity index is 2.05. The summed E-state index contributed by atoms with van der Waals surface area (Å²) >= 11 is 4.94. The second-order valence-electron chi connectivity index (χ2n) is 4.81. The fourth-order valence-electron chi connectivity index (χ4n) is 2.35.